The summed E-state index contributed by atoms with van der Waals surface area (Å²) in [5.41, 5.74) is -1.61. The van der Waals surface area contributed by atoms with Crippen LogP contribution >= 0.6 is 15.9 Å². The van der Waals surface area contributed by atoms with E-state index in [2.05, 4.69) is 20.7 Å². The molecule has 0 radical (unpaired) electrons. The van der Waals surface area contributed by atoms with Gasteiger partial charge in [-0.3, -0.25) is 14.9 Å². The second kappa shape index (κ2) is 6.69. The van der Waals surface area contributed by atoms with Gasteiger partial charge in [0.05, 0.1) is 24.8 Å². The van der Waals surface area contributed by atoms with Gasteiger partial charge in [0.15, 0.2) is 0 Å². The Hall–Kier alpha value is -2.55. The van der Waals surface area contributed by atoms with Gasteiger partial charge < -0.3 is 9.30 Å². The maximum Gasteiger partial charge on any atom is 0.343 e. The maximum absolute atomic E-state index is 13.9. The average molecular weight is 385 g/mol. The number of pyridine rings is 1. The van der Waals surface area contributed by atoms with Crippen LogP contribution in [0.15, 0.2) is 39.7 Å². The van der Waals surface area contributed by atoms with Crippen molar-refractivity contribution in [2.45, 2.75) is 6.54 Å². The van der Waals surface area contributed by atoms with E-state index in [1.807, 2.05) is 0 Å². The van der Waals surface area contributed by atoms with Crippen molar-refractivity contribution >= 4 is 27.6 Å². The molecule has 7 nitrogen and oxygen atoms in total. The highest BCUT2D eigenvalue weighted by molar-refractivity contribution is 9.10. The van der Waals surface area contributed by atoms with Gasteiger partial charge in [-0.2, -0.15) is 0 Å². The highest BCUT2D eigenvalue weighted by atomic mass is 79.9. The number of nitrogens with zero attached hydrogens (tertiary/aromatic N) is 2. The van der Waals surface area contributed by atoms with E-state index in [1.54, 1.807) is 6.07 Å². The fourth-order valence-electron chi connectivity index (χ4n) is 1.93. The van der Waals surface area contributed by atoms with Gasteiger partial charge in [0, 0.05) is 16.1 Å². The number of ether oxygens (including phenoxy) is 1. The molecule has 1 aromatic carbocycles. The van der Waals surface area contributed by atoms with Gasteiger partial charge in [-0.05, 0) is 12.1 Å². The van der Waals surface area contributed by atoms with Gasteiger partial charge in [-0.25, -0.2) is 9.18 Å². The number of halogens is 2. The van der Waals surface area contributed by atoms with E-state index in [1.165, 1.54) is 12.1 Å². The summed E-state index contributed by atoms with van der Waals surface area (Å²) in [6.45, 7) is -0.260. The fraction of sp³-hybridized carbons (Fsp3) is 0.143. The third-order valence-electron chi connectivity index (χ3n) is 3.04. The van der Waals surface area contributed by atoms with Crippen molar-refractivity contribution in [3.63, 3.8) is 0 Å². The quantitative estimate of drug-likeness (QED) is 0.458. The molecule has 0 aliphatic rings. The van der Waals surface area contributed by atoms with Crippen LogP contribution < -0.4 is 5.56 Å². The largest absolute Gasteiger partial charge is 0.465 e. The van der Waals surface area contributed by atoms with Crippen LogP contribution in [0, 0.1) is 15.9 Å². The summed E-state index contributed by atoms with van der Waals surface area (Å²) in [6, 6.07) is 5.05. The van der Waals surface area contributed by atoms with E-state index in [4.69, 9.17) is 0 Å². The van der Waals surface area contributed by atoms with E-state index in [9.17, 15) is 24.1 Å². The molecule has 0 bridgehead atoms. The Balaban J connectivity index is 2.56. The Bertz CT molecular complexity index is 850. The first-order valence-corrected chi connectivity index (χ1v) is 7.04. The molecule has 0 aliphatic carbocycles. The number of esters is 1. The third kappa shape index (κ3) is 3.62. The summed E-state index contributed by atoms with van der Waals surface area (Å²) >= 11 is 3.11. The molecule has 0 atom stereocenters. The van der Waals surface area contributed by atoms with Gasteiger partial charge in [0.25, 0.3) is 11.2 Å². The zero-order chi connectivity index (χ0) is 17.1. The lowest BCUT2D eigenvalue weighted by Gasteiger charge is -2.09. The van der Waals surface area contributed by atoms with Crippen LogP contribution in [0.1, 0.15) is 15.9 Å². The number of methoxy groups -OCH3 is 1. The summed E-state index contributed by atoms with van der Waals surface area (Å²) in [4.78, 5) is 34.0. The zero-order valence-corrected chi connectivity index (χ0v) is 13.4. The molecular weight excluding hydrogens is 375 g/mol. The summed E-state index contributed by atoms with van der Waals surface area (Å²) in [7, 11) is 1.05. The van der Waals surface area contributed by atoms with E-state index < -0.39 is 33.5 Å². The van der Waals surface area contributed by atoms with Crippen molar-refractivity contribution in [1.82, 2.24) is 4.57 Å². The molecule has 0 fully saturated rings. The Labute approximate surface area is 137 Å². The normalized spacial score (nSPS) is 10.4. The van der Waals surface area contributed by atoms with Crippen molar-refractivity contribution in [1.29, 1.82) is 0 Å². The molecule has 2 rings (SSSR count). The minimum atomic E-state index is -0.997. The molecule has 0 saturated carbocycles. The predicted octanol–water partition coefficient (Wildman–Crippen LogP) is 2.49. The molecule has 1 heterocycles. The minimum Gasteiger partial charge on any atom is -0.465 e. The molecule has 0 amide bonds. The van der Waals surface area contributed by atoms with Gasteiger partial charge in [-0.15, -0.1) is 0 Å². The second-order valence-corrected chi connectivity index (χ2v) is 5.45. The summed E-state index contributed by atoms with van der Waals surface area (Å²) < 4.78 is 19.7. The Morgan fingerprint density at radius 3 is 2.70 bits per heavy atom. The number of benzene rings is 1. The van der Waals surface area contributed by atoms with E-state index in [-0.39, 0.29) is 12.1 Å². The molecule has 0 N–H and O–H groups in total. The molecule has 0 spiro atoms. The molecule has 0 unspecified atom stereocenters. The van der Waals surface area contributed by atoms with Crippen molar-refractivity contribution in [3.05, 3.63) is 72.3 Å². The summed E-state index contributed by atoms with van der Waals surface area (Å²) in [5.74, 6) is -1.58. The molecule has 0 aliphatic heterocycles. The number of rotatable bonds is 4. The lowest BCUT2D eigenvalue weighted by atomic mass is 10.2. The van der Waals surface area contributed by atoms with E-state index >= 15 is 0 Å². The second-order valence-electron chi connectivity index (χ2n) is 4.53. The number of hydrogen-bond acceptors (Lipinski definition) is 5. The molecule has 2 aromatic rings. The summed E-state index contributed by atoms with van der Waals surface area (Å²) in [5, 5.41) is 10.9. The van der Waals surface area contributed by atoms with Crippen molar-refractivity contribution in [3.8, 4) is 0 Å². The fourth-order valence-corrected chi connectivity index (χ4v) is 2.26. The van der Waals surface area contributed by atoms with Crippen LogP contribution in [-0.4, -0.2) is 22.6 Å². The van der Waals surface area contributed by atoms with Crippen LogP contribution in [0.4, 0.5) is 10.1 Å². The SMILES string of the molecule is COC(=O)c1cc([N+](=O)[O-])cn(Cc2ccc(Br)cc2F)c1=O. The van der Waals surface area contributed by atoms with E-state index in [0.29, 0.717) is 4.47 Å². The predicted molar refractivity (Wildman–Crippen MR) is 81.9 cm³/mol. The standard InChI is InChI=1S/C14H10BrFN2O5/c1-23-14(20)11-5-10(18(21)22)7-17(13(11)19)6-8-2-3-9(15)4-12(8)16/h2-5,7H,6H2,1H3. The number of aromatic nitrogens is 1. The van der Waals surface area contributed by atoms with Crippen LogP contribution in [0.25, 0.3) is 0 Å². The Morgan fingerprint density at radius 1 is 1.43 bits per heavy atom. The Kier molecular flexibility index (Phi) is 4.89. The third-order valence-corrected chi connectivity index (χ3v) is 3.54. The molecule has 1 aromatic heterocycles. The molecule has 23 heavy (non-hydrogen) atoms. The highest BCUT2D eigenvalue weighted by Gasteiger charge is 2.20. The van der Waals surface area contributed by atoms with Crippen molar-refractivity contribution < 1.29 is 18.8 Å². The number of hydrogen-bond donors (Lipinski definition) is 0. The average Bonchev–Trinajstić information content (AvgIpc) is 2.50. The minimum absolute atomic E-state index is 0.145. The zero-order valence-electron chi connectivity index (χ0n) is 11.8. The number of carbonyl (C=O) groups is 1. The molecule has 9 heteroatoms. The monoisotopic (exact) mass is 384 g/mol. The van der Waals surface area contributed by atoms with Gasteiger partial charge in [-0.1, -0.05) is 22.0 Å². The van der Waals surface area contributed by atoms with Gasteiger partial charge in [0.2, 0.25) is 0 Å². The van der Waals surface area contributed by atoms with Crippen molar-refractivity contribution in [2.24, 2.45) is 0 Å². The van der Waals surface area contributed by atoms with Gasteiger partial charge in [0.1, 0.15) is 11.4 Å². The van der Waals surface area contributed by atoms with Crippen LogP contribution in [0.3, 0.4) is 0 Å². The van der Waals surface area contributed by atoms with Gasteiger partial charge >= 0.3 is 5.97 Å². The van der Waals surface area contributed by atoms with Crippen molar-refractivity contribution in [2.75, 3.05) is 7.11 Å². The number of nitro groups is 1. The first-order valence-electron chi connectivity index (χ1n) is 6.24. The number of carbonyl (C=O) groups excluding carboxylic acids is 1. The molecule has 0 saturated heterocycles. The maximum atomic E-state index is 13.9. The summed E-state index contributed by atoms with van der Waals surface area (Å²) in [6.07, 6.45) is 0.955. The van der Waals surface area contributed by atoms with Crippen LogP contribution in [-0.2, 0) is 11.3 Å². The molecule has 120 valence electrons. The first kappa shape index (κ1) is 16.8. The van der Waals surface area contributed by atoms with Crippen LogP contribution in [0.2, 0.25) is 0 Å². The topological polar surface area (TPSA) is 91.4 Å². The van der Waals surface area contributed by atoms with Crippen LogP contribution in [0.5, 0.6) is 0 Å². The smallest absolute Gasteiger partial charge is 0.343 e. The Morgan fingerprint density at radius 2 is 2.13 bits per heavy atom. The highest BCUT2D eigenvalue weighted by Crippen LogP contribution is 2.17. The lowest BCUT2D eigenvalue weighted by Crippen LogP contribution is -2.27. The lowest BCUT2D eigenvalue weighted by molar-refractivity contribution is -0.385. The molecular formula is C14H10BrFN2O5. The first-order chi connectivity index (χ1) is 10.8. The van der Waals surface area contributed by atoms with E-state index in [0.717, 1.165) is 23.9 Å².